The first-order chi connectivity index (χ1) is 14.0. The Morgan fingerprint density at radius 2 is 0.690 bits per heavy atom. The lowest BCUT2D eigenvalue weighted by molar-refractivity contribution is 0.562. The van der Waals surface area contributed by atoms with Gasteiger partial charge in [0.2, 0.25) is 24.3 Å². The van der Waals surface area contributed by atoms with Crippen molar-refractivity contribution in [2.45, 2.75) is 6.92 Å². The number of hydrogen-bond donors (Lipinski definition) is 4. The van der Waals surface area contributed by atoms with Crippen molar-refractivity contribution in [2.24, 2.45) is 0 Å². The van der Waals surface area contributed by atoms with Gasteiger partial charge in [-0.3, -0.25) is 0 Å². The molecule has 3 rings (SSSR count). The molecule has 0 atom stereocenters. The fourth-order valence-corrected chi connectivity index (χ4v) is 1.67. The van der Waals surface area contributed by atoms with Crippen LogP contribution in [-0.4, -0.2) is 24.3 Å². The van der Waals surface area contributed by atoms with E-state index >= 15 is 0 Å². The Morgan fingerprint density at radius 3 is 0.862 bits per heavy atom. The average Bonchev–Trinajstić information content (AvgIpc) is 2.72. The van der Waals surface area contributed by atoms with Crippen molar-refractivity contribution in [1.29, 1.82) is 21.6 Å². The molecule has 0 radical (unpaired) electrons. The normalized spacial score (nSPS) is 6.66. The molecular formula is C21H20N4O4. The number of benzene rings is 3. The van der Waals surface area contributed by atoms with Gasteiger partial charge in [-0.05, 0) is 17.7 Å². The minimum absolute atomic E-state index is 0.750. The second-order valence-corrected chi connectivity index (χ2v) is 4.41. The summed E-state index contributed by atoms with van der Waals surface area (Å²) in [6, 6.07) is 27.0. The predicted octanol–water partition coefficient (Wildman–Crippen LogP) is 4.44. The number of rotatable bonds is 0. The number of aryl methyl sites for hydroxylation is 1. The van der Waals surface area contributed by atoms with E-state index in [0.29, 0.717) is 0 Å². The molecule has 3 aromatic rings. The molecule has 0 aliphatic heterocycles. The zero-order chi connectivity index (χ0) is 22.8. The third-order valence-electron chi connectivity index (χ3n) is 2.60. The first kappa shape index (κ1) is 29.2. The number of fused-ring (bicyclic) bond motifs is 1. The summed E-state index contributed by atoms with van der Waals surface area (Å²) in [5.74, 6) is 0. The van der Waals surface area contributed by atoms with E-state index in [1.807, 2.05) is 18.2 Å². The first-order valence-electron chi connectivity index (χ1n) is 7.63. The van der Waals surface area contributed by atoms with Crippen LogP contribution in [0, 0.1) is 28.6 Å². The smallest absolute Gasteiger partial charge is 0.222 e. The van der Waals surface area contributed by atoms with Crippen LogP contribution in [0.25, 0.3) is 10.8 Å². The Balaban J connectivity index is -0.000000313. The molecule has 8 nitrogen and oxygen atoms in total. The largest absolute Gasteiger partial charge is 0.231 e. The number of carbonyl (C=O) groups excluding carboxylic acids is 4. The molecule has 0 saturated heterocycles. The van der Waals surface area contributed by atoms with Gasteiger partial charge in [-0.2, -0.15) is 0 Å². The fraction of sp³-hybridized carbons (Fsp3) is 0.0476. The van der Waals surface area contributed by atoms with Crippen molar-refractivity contribution in [1.82, 2.24) is 0 Å². The van der Waals surface area contributed by atoms with Crippen LogP contribution in [0.2, 0.25) is 0 Å². The zero-order valence-electron chi connectivity index (χ0n) is 15.6. The molecule has 0 aromatic heterocycles. The highest BCUT2D eigenvalue weighted by atomic mass is 16.1. The van der Waals surface area contributed by atoms with Crippen molar-refractivity contribution in [3.8, 4) is 0 Å². The molecule has 0 spiro atoms. The van der Waals surface area contributed by atoms with E-state index in [1.54, 1.807) is 0 Å². The summed E-state index contributed by atoms with van der Waals surface area (Å²) >= 11 is 0. The van der Waals surface area contributed by atoms with Crippen LogP contribution in [0.15, 0.2) is 78.9 Å². The van der Waals surface area contributed by atoms with Crippen LogP contribution in [-0.2, 0) is 19.2 Å². The molecule has 148 valence electrons. The van der Waals surface area contributed by atoms with E-state index in [0.717, 1.165) is 24.3 Å². The van der Waals surface area contributed by atoms with Gasteiger partial charge in [-0.15, -0.1) is 0 Å². The summed E-state index contributed by atoms with van der Waals surface area (Å²) in [6.07, 6.45) is 3.00. The summed E-state index contributed by atoms with van der Waals surface area (Å²) in [4.78, 5) is 33.4. The quantitative estimate of drug-likeness (QED) is 0.328. The monoisotopic (exact) mass is 392 g/mol. The predicted molar refractivity (Wildman–Crippen MR) is 109 cm³/mol. The van der Waals surface area contributed by atoms with Crippen molar-refractivity contribution in [3.63, 3.8) is 0 Å². The first-order valence-corrected chi connectivity index (χ1v) is 7.63. The molecule has 3 aromatic carbocycles. The molecule has 0 saturated carbocycles. The highest BCUT2D eigenvalue weighted by Gasteiger charge is 1.85. The van der Waals surface area contributed by atoms with Crippen LogP contribution >= 0.6 is 0 Å². The molecule has 29 heavy (non-hydrogen) atoms. The van der Waals surface area contributed by atoms with E-state index in [1.165, 1.54) is 16.3 Å². The van der Waals surface area contributed by atoms with Gasteiger partial charge in [-0.25, -0.2) is 40.8 Å². The van der Waals surface area contributed by atoms with Crippen LogP contribution in [0.5, 0.6) is 0 Å². The summed E-state index contributed by atoms with van der Waals surface area (Å²) in [5, 5.41) is 24.2. The summed E-state index contributed by atoms with van der Waals surface area (Å²) < 4.78 is 0. The van der Waals surface area contributed by atoms with Crippen molar-refractivity contribution in [3.05, 3.63) is 84.4 Å². The van der Waals surface area contributed by atoms with Gasteiger partial charge in [0.15, 0.2) is 0 Å². The molecule has 0 amide bonds. The Bertz CT molecular complexity index is 806. The molecule has 0 aliphatic carbocycles. The summed E-state index contributed by atoms with van der Waals surface area (Å²) in [5.41, 5.74) is 1.32. The Morgan fingerprint density at radius 1 is 0.483 bits per heavy atom. The fourth-order valence-electron chi connectivity index (χ4n) is 1.67. The van der Waals surface area contributed by atoms with E-state index in [-0.39, 0.29) is 0 Å². The molecule has 4 N–H and O–H groups in total. The van der Waals surface area contributed by atoms with E-state index in [4.69, 9.17) is 40.8 Å². The highest BCUT2D eigenvalue weighted by Crippen LogP contribution is 2.11. The van der Waals surface area contributed by atoms with Gasteiger partial charge in [0.1, 0.15) is 0 Å². The van der Waals surface area contributed by atoms with Crippen molar-refractivity contribution in [2.75, 3.05) is 0 Å². The van der Waals surface area contributed by atoms with Gasteiger partial charge in [-0.1, -0.05) is 84.4 Å². The standard InChI is InChI=1S/C10H8.C7H8.4CHNO/c1-2-6-10-8-4-3-7-9(10)5-1;1-7-5-3-2-4-6-7;4*2-1-3/h1-8H;2-6H,1H3;4*2H. The minimum atomic E-state index is 0.750. The molecule has 0 bridgehead atoms. The SMILES string of the molecule is Cc1ccccc1.N=C=O.N=C=O.N=C=O.N=C=O.c1ccc2ccccc2c1. The van der Waals surface area contributed by atoms with E-state index in [9.17, 15) is 0 Å². The van der Waals surface area contributed by atoms with Gasteiger partial charge < -0.3 is 0 Å². The van der Waals surface area contributed by atoms with E-state index < -0.39 is 0 Å². The molecule has 0 unspecified atom stereocenters. The van der Waals surface area contributed by atoms with Crippen molar-refractivity contribution >= 4 is 35.1 Å². The number of isocyanates is 4. The lowest BCUT2D eigenvalue weighted by Gasteiger charge is -1.92. The van der Waals surface area contributed by atoms with Gasteiger partial charge in [0.25, 0.3) is 0 Å². The minimum Gasteiger partial charge on any atom is -0.222 e. The van der Waals surface area contributed by atoms with Crippen LogP contribution in [0.1, 0.15) is 5.56 Å². The Hall–Kier alpha value is -4.56. The summed E-state index contributed by atoms with van der Waals surface area (Å²) in [7, 11) is 0. The second-order valence-electron chi connectivity index (χ2n) is 4.41. The molecule has 8 heteroatoms. The second kappa shape index (κ2) is 25.7. The summed E-state index contributed by atoms with van der Waals surface area (Å²) in [6.45, 7) is 2.08. The maximum absolute atomic E-state index is 8.35. The van der Waals surface area contributed by atoms with Gasteiger partial charge in [0.05, 0.1) is 0 Å². The van der Waals surface area contributed by atoms with Crippen molar-refractivity contribution < 1.29 is 19.2 Å². The molecular weight excluding hydrogens is 372 g/mol. The van der Waals surface area contributed by atoms with Crippen LogP contribution < -0.4 is 0 Å². The molecule has 0 aliphatic rings. The maximum Gasteiger partial charge on any atom is 0.231 e. The maximum atomic E-state index is 8.35. The Kier molecular flexibility index (Phi) is 25.9. The lowest BCUT2D eigenvalue weighted by Crippen LogP contribution is -1.67. The highest BCUT2D eigenvalue weighted by molar-refractivity contribution is 5.82. The Labute approximate surface area is 167 Å². The average molecular weight is 392 g/mol. The molecule has 0 fully saturated rings. The van der Waals surface area contributed by atoms with Gasteiger partial charge >= 0.3 is 0 Å². The lowest BCUT2D eigenvalue weighted by atomic mass is 10.1. The van der Waals surface area contributed by atoms with Crippen LogP contribution in [0.3, 0.4) is 0 Å². The number of hydrogen-bond acceptors (Lipinski definition) is 8. The molecule has 0 heterocycles. The number of nitrogens with one attached hydrogen (secondary N) is 4. The van der Waals surface area contributed by atoms with Gasteiger partial charge in [0, 0.05) is 0 Å². The topological polar surface area (TPSA) is 164 Å². The van der Waals surface area contributed by atoms with E-state index in [2.05, 4.69) is 67.6 Å². The third-order valence-corrected chi connectivity index (χ3v) is 2.60. The van der Waals surface area contributed by atoms with Crippen LogP contribution in [0.4, 0.5) is 0 Å². The zero-order valence-corrected chi connectivity index (χ0v) is 15.6. The third kappa shape index (κ3) is 23.4.